The molecule has 11 nitrogen and oxygen atoms in total. The predicted octanol–water partition coefficient (Wildman–Crippen LogP) is 0.882. The Morgan fingerprint density at radius 1 is 1.33 bits per heavy atom. The molecule has 168 valence electrons. The Hall–Kier alpha value is -2.53. The number of hydrogen-bond donors (Lipinski definition) is 4. The van der Waals surface area contributed by atoms with Crippen molar-refractivity contribution >= 4 is 24.2 Å². The van der Waals surface area contributed by atoms with Gasteiger partial charge in [-0.3, -0.25) is 25.6 Å². The van der Waals surface area contributed by atoms with Gasteiger partial charge in [0.2, 0.25) is 24.2 Å². The second-order valence-electron chi connectivity index (χ2n) is 7.51. The number of piperidine rings is 1. The third-order valence-electron chi connectivity index (χ3n) is 5.02. The molecule has 2 amide bonds. The molecule has 2 heterocycles. The van der Waals surface area contributed by atoms with Crippen LogP contribution in [0.25, 0.3) is 0 Å². The minimum atomic E-state index is -0.566. The van der Waals surface area contributed by atoms with Crippen molar-refractivity contribution < 1.29 is 19.9 Å². The Bertz CT molecular complexity index is 691. The number of β-amino-alcohol motifs (C(OH)–C–C–N with tert-alkyl or cyclic N) is 1. The molecular formula is C19H33N7O4. The van der Waals surface area contributed by atoms with E-state index >= 15 is 0 Å². The Labute approximate surface area is 176 Å². The molecule has 2 rings (SSSR count). The molecule has 1 saturated heterocycles. The van der Waals surface area contributed by atoms with Gasteiger partial charge in [0, 0.05) is 19.5 Å². The van der Waals surface area contributed by atoms with Crippen LogP contribution in [0, 0.1) is 5.92 Å². The van der Waals surface area contributed by atoms with Crippen molar-refractivity contribution in [3.8, 4) is 0 Å². The van der Waals surface area contributed by atoms with Gasteiger partial charge in [-0.05, 0) is 19.3 Å². The molecular weight excluding hydrogens is 390 g/mol. The number of amides is 2. The van der Waals surface area contributed by atoms with Gasteiger partial charge in [0.15, 0.2) is 0 Å². The number of aromatic nitrogens is 3. The van der Waals surface area contributed by atoms with Crippen molar-refractivity contribution in [3.05, 3.63) is 5.82 Å². The number of anilines is 2. The molecule has 2 atom stereocenters. The van der Waals surface area contributed by atoms with Gasteiger partial charge in [-0.1, -0.05) is 33.1 Å². The quantitative estimate of drug-likeness (QED) is 0.167. The van der Waals surface area contributed by atoms with E-state index in [-0.39, 0.29) is 24.8 Å². The molecule has 1 aliphatic heterocycles. The summed E-state index contributed by atoms with van der Waals surface area (Å²) in [6, 6.07) is 0. The first-order chi connectivity index (χ1) is 14.5. The summed E-state index contributed by atoms with van der Waals surface area (Å²) >= 11 is 0. The lowest BCUT2D eigenvalue weighted by Gasteiger charge is -2.30. The van der Waals surface area contributed by atoms with Gasteiger partial charge in [-0.25, -0.2) is 5.06 Å². The van der Waals surface area contributed by atoms with Crippen LogP contribution in [0.3, 0.4) is 0 Å². The van der Waals surface area contributed by atoms with Gasteiger partial charge in [0.05, 0.1) is 18.6 Å². The van der Waals surface area contributed by atoms with Crippen molar-refractivity contribution in [1.82, 2.24) is 25.4 Å². The van der Waals surface area contributed by atoms with Gasteiger partial charge in [-0.15, -0.1) is 0 Å². The fourth-order valence-corrected chi connectivity index (χ4v) is 3.33. The highest BCUT2D eigenvalue weighted by Gasteiger charge is 2.23. The smallest absolute Gasteiger partial charge is 0.246 e. The van der Waals surface area contributed by atoms with Crippen LogP contribution < -0.4 is 15.8 Å². The van der Waals surface area contributed by atoms with E-state index in [0.29, 0.717) is 36.2 Å². The fraction of sp³-hybridized carbons (Fsp3) is 0.737. The molecule has 4 N–H and O–H groups in total. The summed E-state index contributed by atoms with van der Waals surface area (Å²) in [6.45, 7) is 5.09. The number of nitrogens with one attached hydrogen (secondary N) is 2. The lowest BCUT2D eigenvalue weighted by atomic mass is 10.0. The van der Waals surface area contributed by atoms with E-state index in [2.05, 4.69) is 32.7 Å². The maximum Gasteiger partial charge on any atom is 0.246 e. The van der Waals surface area contributed by atoms with Crippen molar-refractivity contribution in [1.29, 1.82) is 0 Å². The van der Waals surface area contributed by atoms with Gasteiger partial charge < -0.3 is 10.0 Å². The molecule has 1 aromatic heterocycles. The van der Waals surface area contributed by atoms with E-state index < -0.39 is 12.0 Å². The normalized spacial score (nSPS) is 17.3. The van der Waals surface area contributed by atoms with Crippen molar-refractivity contribution in [2.45, 2.75) is 64.9 Å². The number of carbonyl (C=O) groups excluding carboxylic acids is 2. The third-order valence-corrected chi connectivity index (χ3v) is 5.02. The highest BCUT2D eigenvalue weighted by atomic mass is 16.5. The molecule has 1 fully saturated rings. The number of aliphatic hydroxyl groups is 1. The van der Waals surface area contributed by atoms with E-state index in [4.69, 9.17) is 0 Å². The summed E-state index contributed by atoms with van der Waals surface area (Å²) in [6.07, 6.45) is 5.38. The molecule has 0 aliphatic carbocycles. The summed E-state index contributed by atoms with van der Waals surface area (Å²) in [4.78, 5) is 38.3. The first-order valence-electron chi connectivity index (χ1n) is 10.6. The SMILES string of the molecule is CCCCC[C@@H](CN(O)C=O)C(=O)NNc1nc(CC)nc(N2CCCC(O)C2)n1. The number of unbranched alkanes of at least 4 members (excludes halogenated alkanes) is 2. The van der Waals surface area contributed by atoms with Crippen molar-refractivity contribution in [2.24, 2.45) is 5.92 Å². The number of aliphatic hydroxyl groups excluding tert-OH is 1. The van der Waals surface area contributed by atoms with Crippen LogP contribution in [-0.4, -0.2) is 68.4 Å². The lowest BCUT2D eigenvalue weighted by Crippen LogP contribution is -2.41. The summed E-state index contributed by atoms with van der Waals surface area (Å²) in [5, 5.41) is 19.9. The molecule has 30 heavy (non-hydrogen) atoms. The molecule has 0 spiro atoms. The maximum absolute atomic E-state index is 12.6. The molecule has 1 aliphatic rings. The number of hydrazine groups is 1. The summed E-state index contributed by atoms with van der Waals surface area (Å²) < 4.78 is 0. The van der Waals surface area contributed by atoms with E-state index in [1.807, 2.05) is 11.8 Å². The van der Waals surface area contributed by atoms with Crippen LogP contribution in [-0.2, 0) is 16.0 Å². The monoisotopic (exact) mass is 423 g/mol. The van der Waals surface area contributed by atoms with Crippen molar-refractivity contribution in [3.63, 3.8) is 0 Å². The van der Waals surface area contributed by atoms with Gasteiger partial charge >= 0.3 is 0 Å². The van der Waals surface area contributed by atoms with E-state index in [1.54, 1.807) is 0 Å². The minimum absolute atomic E-state index is 0.0882. The molecule has 0 aromatic carbocycles. The Morgan fingerprint density at radius 2 is 2.13 bits per heavy atom. The fourth-order valence-electron chi connectivity index (χ4n) is 3.33. The summed E-state index contributed by atoms with van der Waals surface area (Å²) in [5.74, 6) is 0.302. The van der Waals surface area contributed by atoms with Crippen LogP contribution in [0.15, 0.2) is 0 Å². The zero-order valence-corrected chi connectivity index (χ0v) is 17.8. The molecule has 0 saturated carbocycles. The largest absolute Gasteiger partial charge is 0.391 e. The number of rotatable bonds is 12. The molecule has 1 unspecified atom stereocenters. The second-order valence-corrected chi connectivity index (χ2v) is 7.51. The van der Waals surface area contributed by atoms with Crippen LogP contribution in [0.4, 0.5) is 11.9 Å². The zero-order valence-electron chi connectivity index (χ0n) is 17.8. The third kappa shape index (κ3) is 7.38. The second kappa shape index (κ2) is 12.2. The summed E-state index contributed by atoms with van der Waals surface area (Å²) in [5.41, 5.74) is 5.31. The standard InChI is InChI=1S/C19H33N7O4/c1-3-5-6-8-14(11-26(30)13-27)17(29)23-24-18-20-16(4-2)21-19(22-18)25-10-7-9-15(28)12-25/h13-15,28,30H,3-12H2,1-2H3,(H,23,29)(H,20,21,22,24)/t14-,15?/m0/s1. The average Bonchev–Trinajstić information content (AvgIpc) is 2.76. The maximum atomic E-state index is 12.6. The van der Waals surface area contributed by atoms with Crippen LogP contribution in [0.2, 0.25) is 0 Å². The molecule has 1 aromatic rings. The first-order valence-corrected chi connectivity index (χ1v) is 10.6. The van der Waals surface area contributed by atoms with Crippen LogP contribution in [0.1, 0.15) is 58.2 Å². The Morgan fingerprint density at radius 3 is 2.80 bits per heavy atom. The Balaban J connectivity index is 2.04. The van der Waals surface area contributed by atoms with Gasteiger partial charge in [0.25, 0.3) is 0 Å². The summed E-state index contributed by atoms with van der Waals surface area (Å²) in [7, 11) is 0. The molecule has 0 bridgehead atoms. The lowest BCUT2D eigenvalue weighted by molar-refractivity contribution is -0.154. The Kier molecular flexibility index (Phi) is 9.68. The number of hydrogen-bond acceptors (Lipinski definition) is 9. The number of hydroxylamine groups is 2. The minimum Gasteiger partial charge on any atom is -0.391 e. The van der Waals surface area contributed by atoms with Gasteiger partial charge in [-0.2, -0.15) is 15.0 Å². The number of nitrogens with zero attached hydrogens (tertiary/aromatic N) is 5. The highest BCUT2D eigenvalue weighted by molar-refractivity contribution is 5.80. The molecule has 0 radical (unpaired) electrons. The number of carbonyl (C=O) groups is 2. The van der Waals surface area contributed by atoms with Crippen molar-refractivity contribution in [2.75, 3.05) is 30.0 Å². The van der Waals surface area contributed by atoms with Gasteiger partial charge in [0.1, 0.15) is 5.82 Å². The van der Waals surface area contributed by atoms with Crippen LogP contribution in [0.5, 0.6) is 0 Å². The van der Waals surface area contributed by atoms with E-state index in [0.717, 1.165) is 38.6 Å². The first kappa shape index (κ1) is 23.7. The van der Waals surface area contributed by atoms with E-state index in [1.165, 1.54) is 0 Å². The number of aryl methyl sites for hydroxylation is 1. The average molecular weight is 424 g/mol. The predicted molar refractivity (Wildman–Crippen MR) is 111 cm³/mol. The van der Waals surface area contributed by atoms with Crippen LogP contribution >= 0.6 is 0 Å². The molecule has 11 heteroatoms. The van der Waals surface area contributed by atoms with E-state index in [9.17, 15) is 19.9 Å². The topological polar surface area (TPSA) is 144 Å². The highest BCUT2D eigenvalue weighted by Crippen LogP contribution is 2.18. The zero-order chi connectivity index (χ0) is 21.9.